The summed E-state index contributed by atoms with van der Waals surface area (Å²) in [6.45, 7) is 5.30. The zero-order chi connectivity index (χ0) is 15.1. The quantitative estimate of drug-likeness (QED) is 0.608. The van der Waals surface area contributed by atoms with E-state index < -0.39 is 0 Å². The molecule has 0 atom stereocenters. The average molecular weight is 305 g/mol. The Morgan fingerprint density at radius 2 is 1.81 bits per heavy atom. The summed E-state index contributed by atoms with van der Waals surface area (Å²) in [7, 11) is 0. The fourth-order valence-electron chi connectivity index (χ4n) is 2.61. The van der Waals surface area contributed by atoms with Crippen molar-refractivity contribution in [1.29, 1.82) is 0 Å². The van der Waals surface area contributed by atoms with E-state index in [-0.39, 0.29) is 0 Å². The molecule has 0 fully saturated rings. The Kier molecular flexibility index (Phi) is 6.31. The van der Waals surface area contributed by atoms with Crippen molar-refractivity contribution in [2.75, 3.05) is 11.9 Å². The van der Waals surface area contributed by atoms with Gasteiger partial charge in [-0.25, -0.2) is 0 Å². The molecular weight excluding hydrogens is 280 g/mol. The molecule has 0 aliphatic carbocycles. The van der Waals surface area contributed by atoms with E-state index in [1.807, 2.05) is 25.1 Å². The first kappa shape index (κ1) is 16.1. The van der Waals surface area contributed by atoms with Crippen molar-refractivity contribution >= 4 is 28.2 Å². The maximum Gasteiger partial charge on any atom is 0.0726 e. The number of halogens is 1. The highest BCUT2D eigenvalue weighted by atomic mass is 35.5. The number of anilines is 1. The second-order valence-electron chi connectivity index (χ2n) is 5.67. The van der Waals surface area contributed by atoms with Gasteiger partial charge in [-0.3, -0.25) is 4.98 Å². The molecular formula is C18H25ClN2. The zero-order valence-corrected chi connectivity index (χ0v) is 13.8. The van der Waals surface area contributed by atoms with Gasteiger partial charge in [0.05, 0.1) is 5.52 Å². The second-order valence-corrected chi connectivity index (χ2v) is 6.10. The van der Waals surface area contributed by atoms with Gasteiger partial charge < -0.3 is 5.32 Å². The monoisotopic (exact) mass is 304 g/mol. The Labute approximate surface area is 132 Å². The predicted molar refractivity (Wildman–Crippen MR) is 93.4 cm³/mol. The lowest BCUT2D eigenvalue weighted by Crippen LogP contribution is -2.03. The Morgan fingerprint density at radius 3 is 2.62 bits per heavy atom. The van der Waals surface area contributed by atoms with Gasteiger partial charge in [-0.2, -0.15) is 0 Å². The molecule has 0 unspecified atom stereocenters. The molecule has 2 aromatic rings. The van der Waals surface area contributed by atoms with Crippen LogP contribution in [0.5, 0.6) is 0 Å². The van der Waals surface area contributed by atoms with Crippen molar-refractivity contribution in [3.63, 3.8) is 0 Å². The second kappa shape index (κ2) is 8.23. The molecule has 0 aliphatic heterocycles. The molecule has 1 aromatic carbocycles. The van der Waals surface area contributed by atoms with E-state index >= 15 is 0 Å². The van der Waals surface area contributed by atoms with E-state index in [1.54, 1.807) is 0 Å². The number of benzene rings is 1. The smallest absolute Gasteiger partial charge is 0.0726 e. The van der Waals surface area contributed by atoms with Crippen LogP contribution in [0.1, 0.15) is 51.1 Å². The lowest BCUT2D eigenvalue weighted by atomic mass is 10.1. The first-order valence-electron chi connectivity index (χ1n) is 8.01. The molecule has 2 nitrogen and oxygen atoms in total. The Morgan fingerprint density at radius 1 is 1.05 bits per heavy atom. The summed E-state index contributed by atoms with van der Waals surface area (Å²) in [4.78, 5) is 4.56. The van der Waals surface area contributed by atoms with Crippen LogP contribution in [-0.2, 0) is 0 Å². The van der Waals surface area contributed by atoms with Crippen molar-refractivity contribution in [2.45, 2.75) is 52.4 Å². The van der Waals surface area contributed by atoms with Crippen LogP contribution in [0.25, 0.3) is 10.9 Å². The molecule has 0 spiro atoms. The maximum absolute atomic E-state index is 6.11. The highest BCUT2D eigenvalue weighted by Gasteiger charge is 2.04. The fraction of sp³-hybridized carbons (Fsp3) is 0.500. The van der Waals surface area contributed by atoms with Crippen molar-refractivity contribution in [3.05, 3.63) is 35.0 Å². The van der Waals surface area contributed by atoms with Crippen LogP contribution in [0, 0.1) is 6.92 Å². The summed E-state index contributed by atoms with van der Waals surface area (Å²) < 4.78 is 0. The SMILES string of the molecule is CCCCCCCCNc1cc(C)nc2ccc(Cl)cc12. The maximum atomic E-state index is 6.11. The summed E-state index contributed by atoms with van der Waals surface area (Å²) >= 11 is 6.11. The van der Waals surface area contributed by atoms with Crippen LogP contribution in [0.15, 0.2) is 24.3 Å². The van der Waals surface area contributed by atoms with E-state index in [2.05, 4.69) is 23.3 Å². The number of aromatic nitrogens is 1. The first-order chi connectivity index (χ1) is 10.2. The van der Waals surface area contributed by atoms with Crippen molar-refractivity contribution in [2.24, 2.45) is 0 Å². The normalized spacial score (nSPS) is 11.0. The molecule has 114 valence electrons. The van der Waals surface area contributed by atoms with E-state index in [9.17, 15) is 0 Å². The Hall–Kier alpha value is -1.28. The van der Waals surface area contributed by atoms with Gasteiger partial charge in [0.2, 0.25) is 0 Å². The third-order valence-electron chi connectivity index (χ3n) is 3.74. The van der Waals surface area contributed by atoms with Gasteiger partial charge in [-0.15, -0.1) is 0 Å². The molecule has 0 saturated heterocycles. The molecule has 0 amide bonds. The largest absolute Gasteiger partial charge is 0.384 e. The number of aryl methyl sites for hydroxylation is 1. The Bertz CT molecular complexity index is 581. The van der Waals surface area contributed by atoms with Gasteiger partial charge in [0, 0.05) is 28.3 Å². The molecule has 0 saturated carbocycles. The number of rotatable bonds is 8. The number of hydrogen-bond acceptors (Lipinski definition) is 2. The lowest BCUT2D eigenvalue weighted by Gasteiger charge is -2.11. The summed E-state index contributed by atoms with van der Waals surface area (Å²) in [5, 5.41) is 5.42. The van der Waals surface area contributed by atoms with Crippen molar-refractivity contribution < 1.29 is 0 Å². The molecule has 0 aliphatic rings. The number of nitrogens with one attached hydrogen (secondary N) is 1. The van der Waals surface area contributed by atoms with Gasteiger partial charge in [0.25, 0.3) is 0 Å². The minimum Gasteiger partial charge on any atom is -0.384 e. The highest BCUT2D eigenvalue weighted by Crippen LogP contribution is 2.26. The van der Waals surface area contributed by atoms with Gasteiger partial charge in [-0.05, 0) is 37.6 Å². The minimum atomic E-state index is 0.760. The summed E-state index contributed by atoms with van der Waals surface area (Å²) in [6, 6.07) is 7.98. The number of nitrogens with zero attached hydrogens (tertiary/aromatic N) is 1. The van der Waals surface area contributed by atoms with Crippen molar-refractivity contribution in [1.82, 2.24) is 4.98 Å². The van der Waals surface area contributed by atoms with Crippen molar-refractivity contribution in [3.8, 4) is 0 Å². The van der Waals surface area contributed by atoms with E-state index in [0.717, 1.165) is 33.9 Å². The lowest BCUT2D eigenvalue weighted by molar-refractivity contribution is 0.617. The molecule has 0 bridgehead atoms. The fourth-order valence-corrected chi connectivity index (χ4v) is 2.78. The highest BCUT2D eigenvalue weighted by molar-refractivity contribution is 6.31. The molecule has 21 heavy (non-hydrogen) atoms. The minimum absolute atomic E-state index is 0.760. The van der Waals surface area contributed by atoms with E-state index in [4.69, 9.17) is 11.6 Å². The number of unbranched alkanes of at least 4 members (excludes halogenated alkanes) is 5. The number of fused-ring (bicyclic) bond motifs is 1. The molecule has 3 heteroatoms. The molecule has 1 heterocycles. The molecule has 0 radical (unpaired) electrons. The molecule has 1 aromatic heterocycles. The predicted octanol–water partition coefficient (Wildman–Crippen LogP) is 5.97. The van der Waals surface area contributed by atoms with Crippen LogP contribution >= 0.6 is 11.6 Å². The molecule has 2 rings (SSSR count). The standard InChI is InChI=1S/C18H25ClN2/c1-3-4-5-6-7-8-11-20-18-12-14(2)21-17-10-9-15(19)13-16(17)18/h9-10,12-13H,3-8,11H2,1-2H3,(H,20,21). The zero-order valence-electron chi connectivity index (χ0n) is 13.1. The van der Waals surface area contributed by atoms with Crippen LogP contribution < -0.4 is 5.32 Å². The van der Waals surface area contributed by atoms with E-state index in [1.165, 1.54) is 38.5 Å². The van der Waals surface area contributed by atoms with Crippen LogP contribution in [0.2, 0.25) is 5.02 Å². The van der Waals surface area contributed by atoms with Gasteiger partial charge in [-0.1, -0.05) is 50.6 Å². The van der Waals surface area contributed by atoms with Gasteiger partial charge in [0.15, 0.2) is 0 Å². The Balaban J connectivity index is 1.93. The summed E-state index contributed by atoms with van der Waals surface area (Å²) in [5.74, 6) is 0. The summed E-state index contributed by atoms with van der Waals surface area (Å²) in [6.07, 6.45) is 7.89. The van der Waals surface area contributed by atoms with Crippen LogP contribution in [0.4, 0.5) is 5.69 Å². The molecule has 1 N–H and O–H groups in total. The van der Waals surface area contributed by atoms with E-state index in [0.29, 0.717) is 0 Å². The average Bonchev–Trinajstić information content (AvgIpc) is 2.47. The summed E-state index contributed by atoms with van der Waals surface area (Å²) in [5.41, 5.74) is 3.19. The first-order valence-corrected chi connectivity index (χ1v) is 8.39. The third kappa shape index (κ3) is 4.89. The van der Waals surface area contributed by atoms with Gasteiger partial charge in [0.1, 0.15) is 0 Å². The van der Waals surface area contributed by atoms with Gasteiger partial charge >= 0.3 is 0 Å². The third-order valence-corrected chi connectivity index (χ3v) is 3.98. The van der Waals surface area contributed by atoms with Crippen LogP contribution in [0.3, 0.4) is 0 Å². The number of hydrogen-bond donors (Lipinski definition) is 1. The topological polar surface area (TPSA) is 24.9 Å². The van der Waals surface area contributed by atoms with Crippen LogP contribution in [-0.4, -0.2) is 11.5 Å². The number of pyridine rings is 1.